The van der Waals surface area contributed by atoms with Gasteiger partial charge < -0.3 is 4.90 Å². The normalized spacial score (nSPS) is 43.7. The number of piperidine rings is 4. The van der Waals surface area contributed by atoms with E-state index in [1.165, 1.54) is 38.6 Å². The smallest absolute Gasteiger partial charge is 0.222 e. The molecule has 5 atom stereocenters. The zero-order chi connectivity index (χ0) is 14.6. The number of carbonyl (C=O) groups is 1. The Labute approximate surface area is 129 Å². The number of hydrogen-bond donors (Lipinski definition) is 0. The number of carbonyl (C=O) groups excluding carboxylic acids is 1. The van der Waals surface area contributed by atoms with Gasteiger partial charge in [0, 0.05) is 31.1 Å². The summed E-state index contributed by atoms with van der Waals surface area (Å²) in [6.07, 6.45) is 8.71. The maximum Gasteiger partial charge on any atom is 0.222 e. The van der Waals surface area contributed by atoms with Crippen LogP contribution >= 0.6 is 0 Å². The van der Waals surface area contributed by atoms with Gasteiger partial charge in [-0.15, -0.1) is 0 Å². The first-order valence-corrected chi connectivity index (χ1v) is 9.22. The predicted molar refractivity (Wildman–Crippen MR) is 83.9 cm³/mol. The van der Waals surface area contributed by atoms with E-state index in [1.807, 2.05) is 0 Å². The largest absolute Gasteiger partial charge is 0.339 e. The molecule has 4 saturated heterocycles. The van der Waals surface area contributed by atoms with Crippen molar-refractivity contribution in [3.8, 4) is 0 Å². The van der Waals surface area contributed by atoms with Gasteiger partial charge in [0.1, 0.15) is 0 Å². The number of nitrogens with zero attached hydrogens (tertiary/aromatic N) is 2. The molecule has 4 aliphatic rings. The summed E-state index contributed by atoms with van der Waals surface area (Å²) in [6.45, 7) is 7.17. The van der Waals surface area contributed by atoms with Crippen LogP contribution in [0.1, 0.15) is 58.8 Å². The third-order valence-electron chi connectivity index (χ3n) is 6.75. The summed E-state index contributed by atoms with van der Waals surface area (Å²) in [5.74, 6) is 2.66. The van der Waals surface area contributed by atoms with Crippen LogP contribution in [0.2, 0.25) is 0 Å². The molecule has 4 aliphatic heterocycles. The number of fused-ring (bicyclic) bond motifs is 6. The minimum Gasteiger partial charge on any atom is -0.339 e. The summed E-state index contributed by atoms with van der Waals surface area (Å²) < 4.78 is 0. The highest BCUT2D eigenvalue weighted by molar-refractivity contribution is 5.77. The second-order valence-electron chi connectivity index (χ2n) is 8.20. The minimum atomic E-state index is 0.452. The lowest BCUT2D eigenvalue weighted by molar-refractivity contribution is -0.157. The molecule has 4 rings (SSSR count). The van der Waals surface area contributed by atoms with E-state index < -0.39 is 0 Å². The van der Waals surface area contributed by atoms with Crippen molar-refractivity contribution >= 4 is 5.91 Å². The van der Waals surface area contributed by atoms with Gasteiger partial charge in [-0.1, -0.05) is 20.3 Å². The van der Waals surface area contributed by atoms with Crippen LogP contribution in [0, 0.1) is 17.8 Å². The lowest BCUT2D eigenvalue weighted by atomic mass is 9.65. The maximum atomic E-state index is 12.4. The van der Waals surface area contributed by atoms with Crippen LogP contribution in [0.3, 0.4) is 0 Å². The first-order chi connectivity index (χ1) is 10.2. The van der Waals surface area contributed by atoms with Crippen LogP contribution < -0.4 is 0 Å². The SMILES string of the molecule is CC(C)C1C2CC(CN3C(=O)CCCC23)C2CCCCN21. The van der Waals surface area contributed by atoms with Crippen molar-refractivity contribution in [1.82, 2.24) is 9.80 Å². The van der Waals surface area contributed by atoms with Crippen molar-refractivity contribution in [2.24, 2.45) is 17.8 Å². The number of hydrogen-bond acceptors (Lipinski definition) is 2. The Morgan fingerprint density at radius 1 is 1.10 bits per heavy atom. The molecule has 3 nitrogen and oxygen atoms in total. The molecule has 4 heterocycles. The summed E-state index contributed by atoms with van der Waals surface area (Å²) in [5.41, 5.74) is 0. The topological polar surface area (TPSA) is 23.6 Å². The van der Waals surface area contributed by atoms with Crippen molar-refractivity contribution in [3.05, 3.63) is 0 Å². The summed E-state index contributed by atoms with van der Waals surface area (Å²) in [4.78, 5) is 17.6. The van der Waals surface area contributed by atoms with E-state index in [2.05, 4.69) is 23.6 Å². The van der Waals surface area contributed by atoms with E-state index in [0.717, 1.165) is 37.3 Å². The van der Waals surface area contributed by atoms with E-state index in [9.17, 15) is 4.79 Å². The molecule has 0 aromatic heterocycles. The average molecular weight is 290 g/mol. The lowest BCUT2D eigenvalue weighted by Gasteiger charge is -2.61. The highest BCUT2D eigenvalue weighted by atomic mass is 16.2. The van der Waals surface area contributed by atoms with E-state index in [1.54, 1.807) is 0 Å². The highest BCUT2D eigenvalue weighted by Gasteiger charge is 2.53. The molecule has 21 heavy (non-hydrogen) atoms. The molecule has 1 amide bonds. The Bertz CT molecular complexity index is 421. The van der Waals surface area contributed by atoms with Crippen LogP contribution in [-0.4, -0.2) is 46.9 Å². The summed E-state index contributed by atoms with van der Waals surface area (Å²) >= 11 is 0. The fourth-order valence-electron chi connectivity index (χ4n) is 6.09. The Kier molecular flexibility index (Phi) is 3.52. The van der Waals surface area contributed by atoms with Gasteiger partial charge in [-0.05, 0) is 56.4 Å². The minimum absolute atomic E-state index is 0.452. The van der Waals surface area contributed by atoms with Crippen LogP contribution in [0.15, 0.2) is 0 Å². The number of rotatable bonds is 1. The van der Waals surface area contributed by atoms with Gasteiger partial charge in [-0.3, -0.25) is 9.69 Å². The molecule has 0 aliphatic carbocycles. The van der Waals surface area contributed by atoms with E-state index in [0.29, 0.717) is 23.9 Å². The van der Waals surface area contributed by atoms with Crippen LogP contribution in [-0.2, 0) is 4.79 Å². The van der Waals surface area contributed by atoms with Gasteiger partial charge >= 0.3 is 0 Å². The van der Waals surface area contributed by atoms with Gasteiger partial charge in [0.05, 0.1) is 0 Å². The predicted octanol–water partition coefficient (Wildman–Crippen LogP) is 2.90. The second kappa shape index (κ2) is 5.26. The summed E-state index contributed by atoms with van der Waals surface area (Å²) in [7, 11) is 0. The van der Waals surface area contributed by atoms with Crippen molar-refractivity contribution in [1.29, 1.82) is 0 Å². The standard InChI is InChI=1S/C18H30N2O/c1-12(2)18-14-10-13(15-6-3-4-9-19(15)18)11-20-16(14)7-5-8-17(20)21/h12-16,18H,3-11H2,1-2H3. The molecule has 0 N–H and O–H groups in total. The van der Waals surface area contributed by atoms with Crippen molar-refractivity contribution < 1.29 is 4.79 Å². The zero-order valence-corrected chi connectivity index (χ0v) is 13.6. The zero-order valence-electron chi connectivity index (χ0n) is 13.6. The first kappa shape index (κ1) is 14.0. The van der Waals surface area contributed by atoms with Crippen LogP contribution in [0.4, 0.5) is 0 Å². The highest BCUT2D eigenvalue weighted by Crippen LogP contribution is 2.47. The Morgan fingerprint density at radius 3 is 2.71 bits per heavy atom. The fourth-order valence-corrected chi connectivity index (χ4v) is 6.09. The van der Waals surface area contributed by atoms with E-state index in [-0.39, 0.29) is 0 Å². The summed E-state index contributed by atoms with van der Waals surface area (Å²) in [5, 5.41) is 0. The van der Waals surface area contributed by atoms with E-state index in [4.69, 9.17) is 0 Å². The van der Waals surface area contributed by atoms with Crippen LogP contribution in [0.25, 0.3) is 0 Å². The Balaban J connectivity index is 1.68. The van der Waals surface area contributed by atoms with Crippen LogP contribution in [0.5, 0.6) is 0 Å². The molecule has 0 radical (unpaired) electrons. The molecule has 0 saturated carbocycles. The third kappa shape index (κ3) is 2.15. The lowest BCUT2D eigenvalue weighted by Crippen LogP contribution is -2.68. The maximum absolute atomic E-state index is 12.4. The average Bonchev–Trinajstić information content (AvgIpc) is 2.48. The molecule has 2 bridgehead atoms. The molecule has 0 aromatic rings. The molecule has 0 spiro atoms. The Morgan fingerprint density at radius 2 is 1.90 bits per heavy atom. The van der Waals surface area contributed by atoms with Crippen molar-refractivity contribution in [3.63, 3.8) is 0 Å². The van der Waals surface area contributed by atoms with Gasteiger partial charge in [-0.25, -0.2) is 0 Å². The monoisotopic (exact) mass is 290 g/mol. The molecule has 0 aromatic carbocycles. The number of amides is 1. The Hall–Kier alpha value is -0.570. The molecule has 3 heteroatoms. The molecular formula is C18H30N2O. The second-order valence-corrected chi connectivity index (χ2v) is 8.20. The molecular weight excluding hydrogens is 260 g/mol. The third-order valence-corrected chi connectivity index (χ3v) is 6.75. The molecule has 118 valence electrons. The molecule has 4 fully saturated rings. The van der Waals surface area contributed by atoms with Gasteiger partial charge in [0.2, 0.25) is 5.91 Å². The van der Waals surface area contributed by atoms with Crippen molar-refractivity contribution in [2.75, 3.05) is 13.1 Å². The quantitative estimate of drug-likeness (QED) is 0.741. The summed E-state index contributed by atoms with van der Waals surface area (Å²) in [6, 6.07) is 2.03. The van der Waals surface area contributed by atoms with Crippen molar-refractivity contribution in [2.45, 2.75) is 76.9 Å². The van der Waals surface area contributed by atoms with Gasteiger partial charge in [0.15, 0.2) is 0 Å². The van der Waals surface area contributed by atoms with E-state index >= 15 is 0 Å². The van der Waals surface area contributed by atoms with Gasteiger partial charge in [-0.2, -0.15) is 0 Å². The fraction of sp³-hybridized carbons (Fsp3) is 0.944. The molecule has 5 unspecified atom stereocenters. The van der Waals surface area contributed by atoms with Gasteiger partial charge in [0.25, 0.3) is 0 Å². The first-order valence-electron chi connectivity index (χ1n) is 9.22.